The maximum Gasteiger partial charge on any atom is 0.472 e. The van der Waals surface area contributed by atoms with Gasteiger partial charge in [-0.1, -0.05) is 184 Å². The Hall–Kier alpha value is -1.96. The van der Waals surface area contributed by atoms with Crippen LogP contribution in [0.15, 0.2) is 60.8 Å². The average Bonchev–Trinajstić information content (AvgIpc) is 3.30. The molecule has 66 heavy (non-hydrogen) atoms. The van der Waals surface area contributed by atoms with Gasteiger partial charge in [0.05, 0.1) is 13.2 Å². The summed E-state index contributed by atoms with van der Waals surface area (Å²) >= 11 is 0. The van der Waals surface area contributed by atoms with Crippen LogP contribution in [0.2, 0.25) is 0 Å². The number of rotatable bonds is 44. The molecule has 6 N–H and O–H groups in total. The third kappa shape index (κ3) is 34.3. The number of phosphoric ester groups is 1. The molecule has 0 aromatic carbocycles. The van der Waals surface area contributed by atoms with E-state index in [1.165, 1.54) is 109 Å². The van der Waals surface area contributed by atoms with Gasteiger partial charge in [0.15, 0.2) is 0 Å². The first-order chi connectivity index (χ1) is 32.0. The standard InChI is InChI=1S/C53H95O12P/c1-3-5-7-9-11-13-15-17-19-21-22-23-24-25-27-29-31-33-35-37-39-41-43-62-44-46(45-63-66(60,61)65-53-51(58)49(56)48(55)50(57)52(53)59)64-47(54)42-40-38-36-34-32-30-28-26-20-18-16-14-12-10-8-6-4-2/h6,8,12,14,18,20-22,28,30,46,48-53,55-59H,3-5,7,9-11,13,15-17,19,23-27,29,31-45H2,1-2H3,(H,60,61)/b8-6-,14-12-,20-18-,22-21-,30-28-. The molecule has 6 unspecified atom stereocenters. The van der Waals surface area contributed by atoms with Crippen molar-refractivity contribution < 1.29 is 58.3 Å². The van der Waals surface area contributed by atoms with Crippen molar-refractivity contribution >= 4 is 13.8 Å². The highest BCUT2D eigenvalue weighted by molar-refractivity contribution is 7.47. The fraction of sp³-hybridized carbons (Fsp3) is 0.792. The molecule has 384 valence electrons. The molecule has 1 aliphatic rings. The first kappa shape index (κ1) is 62.1. The third-order valence-corrected chi connectivity index (χ3v) is 12.9. The van der Waals surface area contributed by atoms with E-state index in [0.29, 0.717) is 13.0 Å². The predicted octanol–water partition coefficient (Wildman–Crippen LogP) is 11.8. The lowest BCUT2D eigenvalue weighted by atomic mass is 9.85. The fourth-order valence-corrected chi connectivity index (χ4v) is 8.73. The first-order valence-corrected chi connectivity index (χ1v) is 27.6. The van der Waals surface area contributed by atoms with Gasteiger partial charge in [0.1, 0.15) is 42.7 Å². The van der Waals surface area contributed by atoms with Gasteiger partial charge in [0.2, 0.25) is 0 Å². The molecule has 12 nitrogen and oxygen atoms in total. The highest BCUT2D eigenvalue weighted by atomic mass is 31.2. The molecular weight excluding hydrogens is 860 g/mol. The Morgan fingerprint density at radius 3 is 1.38 bits per heavy atom. The number of carbonyl (C=O) groups is 1. The van der Waals surface area contributed by atoms with E-state index in [0.717, 1.165) is 70.6 Å². The van der Waals surface area contributed by atoms with E-state index < -0.39 is 63.1 Å². The highest BCUT2D eigenvalue weighted by Gasteiger charge is 2.51. The Kier molecular flexibility index (Phi) is 40.5. The van der Waals surface area contributed by atoms with Gasteiger partial charge in [-0.15, -0.1) is 0 Å². The normalized spacial score (nSPS) is 21.9. The SMILES string of the molecule is CC/C=C\C/C=C\C/C=C\C/C=C\CCCCCCC(=O)OC(COCCCCCCCCCCCC/C=C\CCCCCCCCCC)COP(=O)(O)OC1C(O)C(O)C(O)C(O)C1O. The number of hydrogen-bond donors (Lipinski definition) is 6. The Morgan fingerprint density at radius 1 is 0.500 bits per heavy atom. The summed E-state index contributed by atoms with van der Waals surface area (Å²) in [5, 5.41) is 50.3. The lowest BCUT2D eigenvalue weighted by Gasteiger charge is -2.41. The van der Waals surface area contributed by atoms with Crippen LogP contribution in [0.1, 0.15) is 206 Å². The maximum atomic E-state index is 12.9. The van der Waals surface area contributed by atoms with Crippen LogP contribution in [-0.4, -0.2) is 98.9 Å². The summed E-state index contributed by atoms with van der Waals surface area (Å²) in [6.45, 7) is 4.13. The van der Waals surface area contributed by atoms with Gasteiger partial charge in [0.25, 0.3) is 0 Å². The summed E-state index contributed by atoms with van der Waals surface area (Å²) in [4.78, 5) is 23.2. The molecule has 0 radical (unpaired) electrons. The number of ether oxygens (including phenoxy) is 2. The molecule has 0 amide bonds. The summed E-state index contributed by atoms with van der Waals surface area (Å²) in [5.41, 5.74) is 0. The smallest absolute Gasteiger partial charge is 0.457 e. The molecule has 6 atom stereocenters. The van der Waals surface area contributed by atoms with E-state index in [2.05, 4.69) is 74.6 Å². The van der Waals surface area contributed by atoms with Crippen LogP contribution in [-0.2, 0) is 27.9 Å². The molecule has 1 aliphatic carbocycles. The molecule has 1 fully saturated rings. The zero-order valence-electron chi connectivity index (χ0n) is 41.2. The molecular formula is C53H95O12P. The second kappa shape index (κ2) is 43.1. The van der Waals surface area contributed by atoms with Gasteiger partial charge in [0, 0.05) is 13.0 Å². The molecule has 0 saturated heterocycles. The third-order valence-electron chi connectivity index (χ3n) is 11.9. The Labute approximate surface area is 400 Å². The minimum Gasteiger partial charge on any atom is -0.457 e. The van der Waals surface area contributed by atoms with E-state index in [1.54, 1.807) is 0 Å². The second-order valence-corrected chi connectivity index (χ2v) is 19.4. The number of allylic oxidation sites excluding steroid dienone is 10. The quantitative estimate of drug-likeness (QED) is 0.0147. The van der Waals surface area contributed by atoms with Crippen molar-refractivity contribution in [1.82, 2.24) is 0 Å². The molecule has 0 spiro atoms. The van der Waals surface area contributed by atoms with Crippen LogP contribution in [0, 0.1) is 0 Å². The molecule has 0 bridgehead atoms. The number of unbranched alkanes of at least 4 members (excludes halogenated alkanes) is 22. The van der Waals surface area contributed by atoms with Gasteiger partial charge in [-0.05, 0) is 77.0 Å². The molecule has 1 rings (SSSR count). The van der Waals surface area contributed by atoms with Gasteiger partial charge >= 0.3 is 13.8 Å². The van der Waals surface area contributed by atoms with Crippen molar-refractivity contribution in [2.75, 3.05) is 19.8 Å². The Morgan fingerprint density at radius 2 is 0.894 bits per heavy atom. The van der Waals surface area contributed by atoms with Crippen molar-refractivity contribution in [3.63, 3.8) is 0 Å². The summed E-state index contributed by atoms with van der Waals surface area (Å²) in [5.74, 6) is -0.501. The topological polar surface area (TPSA) is 192 Å². The largest absolute Gasteiger partial charge is 0.472 e. The zero-order valence-corrected chi connectivity index (χ0v) is 42.1. The first-order valence-electron chi connectivity index (χ1n) is 26.1. The summed E-state index contributed by atoms with van der Waals surface area (Å²) in [6.07, 6.45) is 42.9. The molecule has 1 saturated carbocycles. The molecule has 0 aromatic rings. The second-order valence-electron chi connectivity index (χ2n) is 18.0. The van der Waals surface area contributed by atoms with E-state index in [1.807, 2.05) is 0 Å². The minimum atomic E-state index is -5.03. The van der Waals surface area contributed by atoms with E-state index in [-0.39, 0.29) is 13.0 Å². The van der Waals surface area contributed by atoms with Gasteiger partial charge < -0.3 is 39.9 Å². The van der Waals surface area contributed by atoms with Crippen molar-refractivity contribution in [2.45, 2.75) is 249 Å². The van der Waals surface area contributed by atoms with E-state index in [9.17, 15) is 39.8 Å². The number of aliphatic hydroxyl groups excluding tert-OH is 5. The van der Waals surface area contributed by atoms with Crippen LogP contribution in [0.25, 0.3) is 0 Å². The average molecular weight is 955 g/mol. The van der Waals surface area contributed by atoms with Gasteiger partial charge in [-0.2, -0.15) is 0 Å². The van der Waals surface area contributed by atoms with Crippen molar-refractivity contribution in [3.8, 4) is 0 Å². The summed E-state index contributed by atoms with van der Waals surface area (Å²) < 4.78 is 34.3. The number of phosphoric acid groups is 1. The highest BCUT2D eigenvalue weighted by Crippen LogP contribution is 2.47. The molecule has 0 aliphatic heterocycles. The summed E-state index contributed by atoms with van der Waals surface area (Å²) in [7, 11) is -5.03. The Bertz CT molecular complexity index is 1320. The lowest BCUT2D eigenvalue weighted by Crippen LogP contribution is -2.64. The van der Waals surface area contributed by atoms with Crippen LogP contribution in [0.3, 0.4) is 0 Å². The lowest BCUT2D eigenvalue weighted by molar-refractivity contribution is -0.220. The summed E-state index contributed by atoms with van der Waals surface area (Å²) in [6, 6.07) is 0. The fourth-order valence-electron chi connectivity index (χ4n) is 7.75. The van der Waals surface area contributed by atoms with Gasteiger partial charge in [-0.3, -0.25) is 13.8 Å². The molecule has 0 aromatic heterocycles. The van der Waals surface area contributed by atoms with Crippen LogP contribution in [0.5, 0.6) is 0 Å². The number of esters is 1. The van der Waals surface area contributed by atoms with Crippen molar-refractivity contribution in [2.24, 2.45) is 0 Å². The predicted molar refractivity (Wildman–Crippen MR) is 267 cm³/mol. The van der Waals surface area contributed by atoms with Gasteiger partial charge in [-0.25, -0.2) is 4.57 Å². The van der Waals surface area contributed by atoms with Crippen LogP contribution >= 0.6 is 7.82 Å². The van der Waals surface area contributed by atoms with Crippen LogP contribution in [0.4, 0.5) is 0 Å². The number of carbonyl (C=O) groups excluding carboxylic acids is 1. The Balaban J connectivity index is 2.34. The minimum absolute atomic E-state index is 0.0893. The van der Waals surface area contributed by atoms with Crippen molar-refractivity contribution in [3.05, 3.63) is 60.8 Å². The zero-order chi connectivity index (χ0) is 48.4. The molecule has 13 heteroatoms. The van der Waals surface area contributed by atoms with Crippen molar-refractivity contribution in [1.29, 1.82) is 0 Å². The molecule has 0 heterocycles. The van der Waals surface area contributed by atoms with E-state index in [4.69, 9.17) is 18.5 Å². The van der Waals surface area contributed by atoms with Crippen LogP contribution < -0.4 is 0 Å². The number of hydrogen-bond acceptors (Lipinski definition) is 11. The maximum absolute atomic E-state index is 12.9. The number of aliphatic hydroxyl groups is 5. The monoisotopic (exact) mass is 955 g/mol. The van der Waals surface area contributed by atoms with E-state index >= 15 is 0 Å².